The Balaban J connectivity index is 2.38. The summed E-state index contributed by atoms with van der Waals surface area (Å²) < 4.78 is 5.79. The number of nitrogens with zero attached hydrogens (tertiary/aromatic N) is 1. The van der Waals surface area contributed by atoms with Crippen LogP contribution in [0.4, 0.5) is 0 Å². The molecular weight excluding hydrogens is 242 g/mol. The van der Waals surface area contributed by atoms with Crippen LogP contribution in [0.3, 0.4) is 0 Å². The molecule has 0 N–H and O–H groups in total. The summed E-state index contributed by atoms with van der Waals surface area (Å²) in [6, 6.07) is 15.6. The Labute approximate surface area is 111 Å². The Morgan fingerprint density at radius 1 is 1.17 bits per heavy atom. The van der Waals surface area contributed by atoms with Crippen molar-refractivity contribution in [1.29, 1.82) is 5.26 Å². The lowest BCUT2D eigenvalue weighted by Gasteiger charge is -2.10. The predicted octanol–water partition coefficient (Wildman–Crippen LogP) is 4.38. The second-order valence-electron chi connectivity index (χ2n) is 3.86. The van der Waals surface area contributed by atoms with Crippen molar-refractivity contribution < 1.29 is 4.74 Å². The van der Waals surface area contributed by atoms with Gasteiger partial charge in [-0.05, 0) is 43.0 Å². The van der Waals surface area contributed by atoms with E-state index < -0.39 is 0 Å². The molecule has 0 unspecified atom stereocenters. The Hall–Kier alpha value is -1.92. The zero-order valence-electron chi connectivity index (χ0n) is 10.3. The van der Waals surface area contributed by atoms with Crippen molar-refractivity contribution in [3.63, 3.8) is 0 Å². The molecule has 90 valence electrons. The highest BCUT2D eigenvalue weighted by Crippen LogP contribution is 2.31. The number of nitriles is 1. The molecule has 2 aromatic rings. The van der Waals surface area contributed by atoms with Crippen molar-refractivity contribution in [2.24, 2.45) is 0 Å². The molecule has 0 fully saturated rings. The molecule has 0 saturated carbocycles. The van der Waals surface area contributed by atoms with E-state index in [9.17, 15) is 5.26 Å². The number of thioether (sulfide) groups is 1. The Morgan fingerprint density at radius 3 is 2.61 bits per heavy atom. The number of hydrogen-bond donors (Lipinski definition) is 0. The molecule has 0 spiro atoms. The molecule has 2 aromatic carbocycles. The molecule has 2 rings (SSSR count). The van der Waals surface area contributed by atoms with E-state index in [2.05, 4.69) is 6.07 Å². The van der Waals surface area contributed by atoms with Gasteiger partial charge in [-0.25, -0.2) is 0 Å². The van der Waals surface area contributed by atoms with Crippen LogP contribution in [-0.2, 0) is 0 Å². The summed E-state index contributed by atoms with van der Waals surface area (Å²) in [7, 11) is 0. The molecule has 0 aliphatic heterocycles. The van der Waals surface area contributed by atoms with Gasteiger partial charge in [-0.3, -0.25) is 0 Å². The first-order valence-electron chi connectivity index (χ1n) is 5.56. The molecule has 18 heavy (non-hydrogen) atoms. The number of aryl methyl sites for hydroxylation is 1. The van der Waals surface area contributed by atoms with Gasteiger partial charge in [0.1, 0.15) is 23.1 Å². The van der Waals surface area contributed by atoms with Crippen LogP contribution in [-0.4, -0.2) is 6.26 Å². The van der Waals surface area contributed by atoms with E-state index in [1.165, 1.54) is 0 Å². The summed E-state index contributed by atoms with van der Waals surface area (Å²) in [6.45, 7) is 2.01. The smallest absolute Gasteiger partial charge is 0.146 e. The fourth-order valence-electron chi connectivity index (χ4n) is 1.68. The Bertz CT molecular complexity index is 602. The van der Waals surface area contributed by atoms with Gasteiger partial charge in [0.05, 0.1) is 0 Å². The Kier molecular flexibility index (Phi) is 3.91. The van der Waals surface area contributed by atoms with Gasteiger partial charge in [-0.15, -0.1) is 11.8 Å². The van der Waals surface area contributed by atoms with Crippen molar-refractivity contribution in [3.8, 4) is 17.6 Å². The zero-order chi connectivity index (χ0) is 13.0. The lowest BCUT2D eigenvalue weighted by molar-refractivity contribution is 0.479. The molecule has 0 aromatic heterocycles. The highest BCUT2D eigenvalue weighted by molar-refractivity contribution is 7.98. The molecule has 2 nitrogen and oxygen atoms in total. The zero-order valence-corrected chi connectivity index (χ0v) is 11.1. The molecule has 0 aliphatic carbocycles. The number of rotatable bonds is 3. The lowest BCUT2D eigenvalue weighted by Crippen LogP contribution is -1.90. The van der Waals surface area contributed by atoms with Gasteiger partial charge in [-0.2, -0.15) is 5.26 Å². The number of benzene rings is 2. The van der Waals surface area contributed by atoms with Crippen molar-refractivity contribution >= 4 is 11.8 Å². The van der Waals surface area contributed by atoms with Gasteiger partial charge in [0, 0.05) is 4.90 Å². The SMILES string of the molecule is CSc1cccc(Oc2cccc(C)c2)c1C#N. The maximum Gasteiger partial charge on any atom is 0.146 e. The highest BCUT2D eigenvalue weighted by Gasteiger charge is 2.09. The third kappa shape index (κ3) is 2.66. The van der Waals surface area contributed by atoms with Crippen LogP contribution < -0.4 is 4.74 Å². The molecule has 3 heteroatoms. The average molecular weight is 255 g/mol. The second kappa shape index (κ2) is 5.61. The normalized spacial score (nSPS) is 9.83. The number of ether oxygens (including phenoxy) is 1. The second-order valence-corrected chi connectivity index (χ2v) is 4.71. The summed E-state index contributed by atoms with van der Waals surface area (Å²) in [4.78, 5) is 0.933. The minimum atomic E-state index is 0.589. The molecule has 0 amide bonds. The van der Waals surface area contributed by atoms with E-state index in [1.807, 2.05) is 55.6 Å². The topological polar surface area (TPSA) is 33.0 Å². The molecule has 0 bridgehead atoms. The lowest BCUT2D eigenvalue weighted by atomic mass is 10.2. The van der Waals surface area contributed by atoms with E-state index in [4.69, 9.17) is 4.74 Å². The van der Waals surface area contributed by atoms with Crippen LogP contribution in [0, 0.1) is 18.3 Å². The minimum Gasteiger partial charge on any atom is -0.456 e. The third-order valence-corrected chi connectivity index (χ3v) is 3.32. The van der Waals surface area contributed by atoms with E-state index >= 15 is 0 Å². The summed E-state index contributed by atoms with van der Waals surface area (Å²) in [6.07, 6.45) is 1.95. The first kappa shape index (κ1) is 12.5. The molecule has 0 aliphatic rings. The van der Waals surface area contributed by atoms with E-state index in [-0.39, 0.29) is 0 Å². The molecule has 0 atom stereocenters. The Morgan fingerprint density at radius 2 is 1.94 bits per heavy atom. The quantitative estimate of drug-likeness (QED) is 0.763. The van der Waals surface area contributed by atoms with E-state index in [1.54, 1.807) is 11.8 Å². The van der Waals surface area contributed by atoms with Gasteiger partial charge in [0.15, 0.2) is 0 Å². The maximum absolute atomic E-state index is 9.22. The standard InChI is InChI=1S/C15H13NOS/c1-11-5-3-6-12(9-11)17-14-7-4-8-15(18-2)13(14)10-16/h3-9H,1-2H3. The van der Waals surface area contributed by atoms with Crippen LogP contribution in [0.25, 0.3) is 0 Å². The largest absolute Gasteiger partial charge is 0.456 e. The summed E-state index contributed by atoms with van der Waals surface area (Å²) in [5, 5.41) is 9.22. The fourth-order valence-corrected chi connectivity index (χ4v) is 2.25. The highest BCUT2D eigenvalue weighted by atomic mass is 32.2. The molecular formula is C15H13NOS. The van der Waals surface area contributed by atoms with Crippen LogP contribution in [0.2, 0.25) is 0 Å². The first-order chi connectivity index (χ1) is 8.74. The molecule has 0 saturated heterocycles. The third-order valence-electron chi connectivity index (χ3n) is 2.54. The van der Waals surface area contributed by atoms with Gasteiger partial charge >= 0.3 is 0 Å². The summed E-state index contributed by atoms with van der Waals surface area (Å²) in [5.74, 6) is 1.36. The molecule has 0 radical (unpaired) electrons. The summed E-state index contributed by atoms with van der Waals surface area (Å²) >= 11 is 1.55. The molecule has 0 heterocycles. The van der Waals surface area contributed by atoms with Crippen molar-refractivity contribution in [1.82, 2.24) is 0 Å². The van der Waals surface area contributed by atoms with Gasteiger partial charge < -0.3 is 4.74 Å². The van der Waals surface area contributed by atoms with Crippen molar-refractivity contribution in [2.75, 3.05) is 6.26 Å². The minimum absolute atomic E-state index is 0.589. The van der Waals surface area contributed by atoms with Gasteiger partial charge in [-0.1, -0.05) is 18.2 Å². The van der Waals surface area contributed by atoms with Crippen LogP contribution >= 0.6 is 11.8 Å². The van der Waals surface area contributed by atoms with Gasteiger partial charge in [0.2, 0.25) is 0 Å². The summed E-state index contributed by atoms with van der Waals surface area (Å²) in [5.41, 5.74) is 1.72. The van der Waals surface area contributed by atoms with Gasteiger partial charge in [0.25, 0.3) is 0 Å². The van der Waals surface area contributed by atoms with Crippen molar-refractivity contribution in [3.05, 3.63) is 53.6 Å². The fraction of sp³-hybridized carbons (Fsp3) is 0.133. The monoisotopic (exact) mass is 255 g/mol. The maximum atomic E-state index is 9.22. The van der Waals surface area contributed by atoms with E-state index in [0.29, 0.717) is 11.3 Å². The predicted molar refractivity (Wildman–Crippen MR) is 74.2 cm³/mol. The first-order valence-corrected chi connectivity index (χ1v) is 6.78. The van der Waals surface area contributed by atoms with Crippen molar-refractivity contribution in [2.45, 2.75) is 11.8 Å². The average Bonchev–Trinajstić information content (AvgIpc) is 2.38. The van der Waals surface area contributed by atoms with Crippen LogP contribution in [0.15, 0.2) is 47.4 Å². The number of hydrogen-bond acceptors (Lipinski definition) is 3. The van der Waals surface area contributed by atoms with E-state index in [0.717, 1.165) is 16.2 Å². The van der Waals surface area contributed by atoms with Crippen LogP contribution in [0.5, 0.6) is 11.5 Å². The van der Waals surface area contributed by atoms with Crippen LogP contribution in [0.1, 0.15) is 11.1 Å².